The molecule has 3 N–H and O–H groups in total. The highest BCUT2D eigenvalue weighted by Crippen LogP contribution is 2.61. The van der Waals surface area contributed by atoms with Crippen molar-refractivity contribution in [2.24, 2.45) is 28.4 Å². The summed E-state index contributed by atoms with van der Waals surface area (Å²) in [7, 11) is 0. The van der Waals surface area contributed by atoms with Crippen LogP contribution in [0.5, 0.6) is 5.75 Å². The van der Waals surface area contributed by atoms with Crippen molar-refractivity contribution in [3.8, 4) is 16.9 Å². The number of carboxylic acid groups (broad SMARTS) is 1. The molecule has 0 aromatic heterocycles. The van der Waals surface area contributed by atoms with Crippen molar-refractivity contribution >= 4 is 17.8 Å². The number of primary amides is 1. The van der Waals surface area contributed by atoms with Crippen molar-refractivity contribution in [1.82, 2.24) is 4.90 Å². The average molecular weight is 598 g/mol. The van der Waals surface area contributed by atoms with Gasteiger partial charge < -0.3 is 30.4 Å². The van der Waals surface area contributed by atoms with Crippen LogP contribution in [0.4, 0.5) is 0 Å². The zero-order valence-electron chi connectivity index (χ0n) is 25.5. The van der Waals surface area contributed by atoms with E-state index in [1.165, 1.54) is 16.0 Å². The summed E-state index contributed by atoms with van der Waals surface area (Å²) in [4.78, 5) is 37.9. The summed E-state index contributed by atoms with van der Waals surface area (Å²) in [6, 6.07) is 14.2. The molecule has 2 aromatic rings. The van der Waals surface area contributed by atoms with Crippen LogP contribution < -0.4 is 15.6 Å². The highest BCUT2D eigenvalue weighted by Gasteiger charge is 2.58. The summed E-state index contributed by atoms with van der Waals surface area (Å²) in [6.45, 7) is 3.49. The molecule has 2 bridgehead atoms. The summed E-state index contributed by atoms with van der Waals surface area (Å²) in [6.07, 6.45) is 8.59. The predicted molar refractivity (Wildman–Crippen MR) is 162 cm³/mol. The smallest absolute Gasteiger partial charge is 0.235 e. The topological polar surface area (TPSA) is 133 Å². The van der Waals surface area contributed by atoms with Gasteiger partial charge in [0.25, 0.3) is 0 Å². The van der Waals surface area contributed by atoms with Gasteiger partial charge in [0.05, 0.1) is 29.7 Å². The van der Waals surface area contributed by atoms with Crippen LogP contribution >= 0.6 is 0 Å². The van der Waals surface area contributed by atoms with E-state index < -0.39 is 24.0 Å². The Bertz CT molecular complexity index is 1550. The molecule has 4 fully saturated rings. The van der Waals surface area contributed by atoms with Gasteiger partial charge in [0.1, 0.15) is 12.4 Å². The number of nitrogens with zero attached hydrogens (tertiary/aromatic N) is 1. The van der Waals surface area contributed by atoms with Crippen LogP contribution in [0.1, 0.15) is 88.7 Å². The summed E-state index contributed by atoms with van der Waals surface area (Å²) in [5.74, 6) is -1.90. The second-order valence-electron chi connectivity index (χ2n) is 14.2. The maximum Gasteiger partial charge on any atom is 0.235 e. The molecular formula is C36H41N2O6-. The Hall–Kier alpha value is -3.65. The molecule has 8 heteroatoms. The number of aliphatic carboxylic acids is 1. The Morgan fingerprint density at radius 1 is 1.05 bits per heavy atom. The Balaban J connectivity index is 1.12. The number of amides is 2. The van der Waals surface area contributed by atoms with E-state index in [9.17, 15) is 24.6 Å². The third-order valence-corrected chi connectivity index (χ3v) is 12.0. The molecule has 0 radical (unpaired) electrons. The number of hydrogen-bond acceptors (Lipinski definition) is 6. The number of aliphatic hydroxyl groups excluding tert-OH is 1. The van der Waals surface area contributed by atoms with Gasteiger partial charge in [-0.15, -0.1) is 0 Å². The molecular weight excluding hydrogens is 556 g/mol. The quantitative estimate of drug-likeness (QED) is 0.398. The molecule has 2 aromatic carbocycles. The van der Waals surface area contributed by atoms with E-state index in [1.54, 1.807) is 6.92 Å². The van der Waals surface area contributed by atoms with Crippen molar-refractivity contribution in [3.05, 3.63) is 64.9 Å². The zero-order chi connectivity index (χ0) is 31.0. The van der Waals surface area contributed by atoms with Gasteiger partial charge in [0, 0.05) is 23.8 Å². The molecule has 6 aliphatic rings. The Morgan fingerprint density at radius 2 is 1.70 bits per heavy atom. The van der Waals surface area contributed by atoms with Gasteiger partial charge in [0.15, 0.2) is 0 Å². The number of carboxylic acids is 1. The number of carbonyl (C=O) groups excluding carboxylic acids is 3. The number of rotatable bonds is 10. The molecule has 2 amide bonds. The monoisotopic (exact) mass is 597 g/mol. The molecule has 5 atom stereocenters. The number of fused-ring (bicyclic) bond motifs is 7. The standard InChI is InChI=1S/C36H42N2O6/c1-20-26(32(34(42)43)38-31(20)29(21(2)39)33(38)41)19-44-27-9-5-8-25-23(22-6-3-4-7-24(22)30(25)27)10-11-35-12-15-36(16-13-35,17-14-35)18-28(37)40/h3-9,20-21,23,29,31,39H,10-19H2,1-2H3,(H2,37,40)(H,42,43)/p-1/t20-,21?,23?,29?,31?,35?,36?/m0/s1. The van der Waals surface area contributed by atoms with Crippen LogP contribution in [0.2, 0.25) is 0 Å². The maximum atomic E-state index is 12.8. The minimum Gasteiger partial charge on any atom is -0.543 e. The largest absolute Gasteiger partial charge is 0.543 e. The van der Waals surface area contributed by atoms with E-state index in [0.29, 0.717) is 23.2 Å². The van der Waals surface area contributed by atoms with Crippen LogP contribution in [0, 0.1) is 22.7 Å². The first-order valence-corrected chi connectivity index (χ1v) is 16.1. The Labute approximate surface area is 258 Å². The number of carbonyl (C=O) groups is 3. The van der Waals surface area contributed by atoms with Gasteiger partial charge in [0.2, 0.25) is 11.8 Å². The highest BCUT2D eigenvalue weighted by atomic mass is 16.5. The molecule has 4 aliphatic carbocycles. The van der Waals surface area contributed by atoms with E-state index in [2.05, 4.69) is 24.3 Å². The van der Waals surface area contributed by atoms with Gasteiger partial charge in [-0.05, 0) is 97.5 Å². The van der Waals surface area contributed by atoms with Crippen LogP contribution in [0.15, 0.2) is 53.7 Å². The van der Waals surface area contributed by atoms with Gasteiger partial charge in [-0.25, -0.2) is 0 Å². The van der Waals surface area contributed by atoms with Crippen molar-refractivity contribution in [2.45, 2.75) is 89.7 Å². The second kappa shape index (κ2) is 10.5. The van der Waals surface area contributed by atoms with E-state index >= 15 is 0 Å². The van der Waals surface area contributed by atoms with E-state index in [-0.39, 0.29) is 41.4 Å². The fourth-order valence-electron chi connectivity index (χ4n) is 9.53. The molecule has 1 saturated heterocycles. The predicted octanol–water partition coefficient (Wildman–Crippen LogP) is 4.04. The summed E-state index contributed by atoms with van der Waals surface area (Å²) >= 11 is 0. The second-order valence-corrected chi connectivity index (χ2v) is 14.2. The first kappa shape index (κ1) is 29.1. The molecule has 2 aliphatic heterocycles. The lowest BCUT2D eigenvalue weighted by molar-refractivity contribution is -0.301. The number of nitrogens with two attached hydrogens (primary N) is 1. The fourth-order valence-corrected chi connectivity index (χ4v) is 9.53. The third kappa shape index (κ3) is 4.39. The molecule has 2 heterocycles. The number of benzene rings is 2. The van der Waals surface area contributed by atoms with Crippen LogP contribution in [0.25, 0.3) is 11.1 Å². The average Bonchev–Trinajstić information content (AvgIpc) is 3.45. The van der Waals surface area contributed by atoms with Crippen molar-refractivity contribution in [3.63, 3.8) is 0 Å². The normalized spacial score (nSPS) is 32.2. The van der Waals surface area contributed by atoms with Crippen LogP contribution in [0.3, 0.4) is 0 Å². The van der Waals surface area contributed by atoms with Crippen LogP contribution in [-0.2, 0) is 14.4 Å². The molecule has 8 nitrogen and oxygen atoms in total. The molecule has 44 heavy (non-hydrogen) atoms. The van der Waals surface area contributed by atoms with Crippen molar-refractivity contribution < 1.29 is 29.3 Å². The zero-order valence-corrected chi connectivity index (χ0v) is 25.5. The lowest BCUT2D eigenvalue weighted by Gasteiger charge is -2.53. The number of aliphatic hydroxyl groups is 1. The Morgan fingerprint density at radius 3 is 2.36 bits per heavy atom. The SMILES string of the molecule is CC(O)C1C(=O)N2C(C(=O)[O-])=C(COc3cccc4c3-c3ccccc3C4CCC34CCC(CC(N)=O)(CC3)CC4)[C@H](C)C12. The minimum absolute atomic E-state index is 0.0245. The van der Waals surface area contributed by atoms with Gasteiger partial charge in [-0.1, -0.05) is 43.3 Å². The first-order chi connectivity index (χ1) is 21.0. The highest BCUT2D eigenvalue weighted by molar-refractivity contribution is 5.99. The van der Waals surface area contributed by atoms with E-state index in [0.717, 1.165) is 62.5 Å². The van der Waals surface area contributed by atoms with Gasteiger partial charge in [-0.3, -0.25) is 9.59 Å². The lowest BCUT2D eigenvalue weighted by atomic mass is 9.51. The van der Waals surface area contributed by atoms with Gasteiger partial charge in [-0.2, -0.15) is 0 Å². The maximum absolute atomic E-state index is 12.8. The lowest BCUT2D eigenvalue weighted by Crippen LogP contribution is -2.64. The summed E-state index contributed by atoms with van der Waals surface area (Å²) < 4.78 is 6.44. The molecule has 232 valence electrons. The minimum atomic E-state index is -1.39. The van der Waals surface area contributed by atoms with E-state index in [1.807, 2.05) is 25.1 Å². The van der Waals surface area contributed by atoms with Crippen molar-refractivity contribution in [1.29, 1.82) is 0 Å². The fraction of sp³-hybridized carbons (Fsp3) is 0.528. The number of β-lactam (4-membered cyclic amide) rings is 1. The van der Waals surface area contributed by atoms with Crippen LogP contribution in [-0.4, -0.2) is 46.5 Å². The molecule has 8 rings (SSSR count). The number of hydrogen-bond donors (Lipinski definition) is 2. The number of ether oxygens (including phenoxy) is 1. The third-order valence-electron chi connectivity index (χ3n) is 12.0. The summed E-state index contributed by atoms with van der Waals surface area (Å²) in [5, 5.41) is 22.4. The molecule has 3 saturated carbocycles. The Kier molecular flexibility index (Phi) is 6.92. The first-order valence-electron chi connectivity index (χ1n) is 16.1. The molecule has 0 spiro atoms. The van der Waals surface area contributed by atoms with E-state index in [4.69, 9.17) is 10.5 Å². The molecule has 4 unspecified atom stereocenters. The van der Waals surface area contributed by atoms with Crippen molar-refractivity contribution in [2.75, 3.05) is 6.61 Å². The summed E-state index contributed by atoms with van der Waals surface area (Å²) in [5.41, 5.74) is 11.2. The van der Waals surface area contributed by atoms with Gasteiger partial charge >= 0.3 is 0 Å².